The van der Waals surface area contributed by atoms with Crippen LogP contribution in [0, 0.1) is 18.3 Å². The van der Waals surface area contributed by atoms with Gasteiger partial charge >= 0.3 is 6.03 Å². The molecule has 2 heterocycles. The van der Waals surface area contributed by atoms with Crippen molar-refractivity contribution in [2.45, 2.75) is 39.0 Å². The number of hydrogen-bond acceptors (Lipinski definition) is 5. The van der Waals surface area contributed by atoms with Gasteiger partial charge in [0.15, 0.2) is 0 Å². The number of benzene rings is 2. The lowest BCUT2D eigenvalue weighted by molar-refractivity contribution is -0.133. The van der Waals surface area contributed by atoms with Gasteiger partial charge in [0.05, 0.1) is 24.3 Å². The molecule has 1 N–H and O–H groups in total. The lowest BCUT2D eigenvalue weighted by Crippen LogP contribution is -2.46. The van der Waals surface area contributed by atoms with E-state index in [9.17, 15) is 9.59 Å². The van der Waals surface area contributed by atoms with Crippen molar-refractivity contribution < 1.29 is 14.3 Å². The molecule has 8 heteroatoms. The summed E-state index contributed by atoms with van der Waals surface area (Å²) in [4.78, 5) is 32.5. The van der Waals surface area contributed by atoms with Crippen molar-refractivity contribution in [1.29, 1.82) is 5.26 Å². The average Bonchev–Trinajstić information content (AvgIpc) is 3.55. The zero-order valence-electron chi connectivity index (χ0n) is 20.4. The topological polar surface area (TPSA) is 85.7 Å². The predicted octanol–water partition coefficient (Wildman–Crippen LogP) is 5.17. The highest BCUT2D eigenvalue weighted by molar-refractivity contribution is 7.11. The number of nitrogens with zero attached hydrogens (tertiary/aromatic N) is 3. The van der Waals surface area contributed by atoms with Gasteiger partial charge in [-0.1, -0.05) is 30.3 Å². The molecule has 1 aliphatic heterocycles. The lowest BCUT2D eigenvalue weighted by atomic mass is 10.2. The van der Waals surface area contributed by atoms with Crippen LogP contribution in [0.3, 0.4) is 0 Å². The molecule has 186 valence electrons. The maximum absolute atomic E-state index is 13.6. The Morgan fingerprint density at radius 2 is 1.83 bits per heavy atom. The third-order valence-electron chi connectivity index (χ3n) is 6.04. The Balaban J connectivity index is 1.50. The van der Waals surface area contributed by atoms with Crippen LogP contribution in [0.15, 0.2) is 66.7 Å². The summed E-state index contributed by atoms with van der Waals surface area (Å²) in [5, 5.41) is 11.9. The van der Waals surface area contributed by atoms with E-state index < -0.39 is 0 Å². The first-order valence-corrected chi connectivity index (χ1v) is 12.9. The zero-order valence-corrected chi connectivity index (χ0v) is 21.2. The van der Waals surface area contributed by atoms with Gasteiger partial charge in [-0.05, 0) is 61.7 Å². The second-order valence-corrected chi connectivity index (χ2v) is 10.3. The molecule has 0 radical (unpaired) electrons. The van der Waals surface area contributed by atoms with Crippen molar-refractivity contribution >= 4 is 29.0 Å². The van der Waals surface area contributed by atoms with Gasteiger partial charge in [0, 0.05) is 35.1 Å². The van der Waals surface area contributed by atoms with E-state index in [-0.39, 0.29) is 24.6 Å². The molecule has 2 aromatic carbocycles. The summed E-state index contributed by atoms with van der Waals surface area (Å²) in [6.45, 7) is 3.94. The SMILES string of the molecule is Cc1ccc(CN(Cc2ccccc2)C(=O)CN(CC2CCCO2)C(=O)Nc2ccc(C#N)cc2)s1. The first kappa shape index (κ1) is 25.4. The van der Waals surface area contributed by atoms with Crippen LogP contribution in [0.25, 0.3) is 0 Å². The van der Waals surface area contributed by atoms with Crippen molar-refractivity contribution in [3.63, 3.8) is 0 Å². The zero-order chi connectivity index (χ0) is 25.3. The summed E-state index contributed by atoms with van der Waals surface area (Å²) in [5.41, 5.74) is 2.12. The van der Waals surface area contributed by atoms with E-state index in [0.717, 1.165) is 23.3 Å². The van der Waals surface area contributed by atoms with Gasteiger partial charge in [0.25, 0.3) is 0 Å². The molecule has 0 aliphatic carbocycles. The van der Waals surface area contributed by atoms with E-state index in [0.29, 0.717) is 37.5 Å². The summed E-state index contributed by atoms with van der Waals surface area (Å²) in [7, 11) is 0. The number of rotatable bonds is 9. The van der Waals surface area contributed by atoms with Gasteiger partial charge in [-0.15, -0.1) is 11.3 Å². The summed E-state index contributed by atoms with van der Waals surface area (Å²) in [6.07, 6.45) is 1.71. The van der Waals surface area contributed by atoms with Crippen molar-refractivity contribution in [2.24, 2.45) is 0 Å². The van der Waals surface area contributed by atoms with Crippen molar-refractivity contribution in [3.8, 4) is 6.07 Å². The normalized spacial score (nSPS) is 14.7. The smallest absolute Gasteiger partial charge is 0.322 e. The first-order valence-electron chi connectivity index (χ1n) is 12.0. The molecule has 1 unspecified atom stereocenters. The van der Waals surface area contributed by atoms with Crippen LogP contribution in [-0.4, -0.2) is 47.5 Å². The number of amides is 3. The van der Waals surface area contributed by atoms with Gasteiger partial charge in [-0.2, -0.15) is 5.26 Å². The number of aryl methyl sites for hydroxylation is 1. The van der Waals surface area contributed by atoms with Crippen LogP contribution in [0.4, 0.5) is 10.5 Å². The molecular weight excluding hydrogens is 472 g/mol. The monoisotopic (exact) mass is 502 g/mol. The van der Waals surface area contributed by atoms with Crippen LogP contribution < -0.4 is 5.32 Å². The number of ether oxygens (including phenoxy) is 1. The molecule has 0 spiro atoms. The Labute approximate surface area is 215 Å². The van der Waals surface area contributed by atoms with E-state index in [1.165, 1.54) is 9.78 Å². The van der Waals surface area contributed by atoms with Gasteiger partial charge < -0.3 is 19.9 Å². The molecule has 0 bridgehead atoms. The van der Waals surface area contributed by atoms with Crippen LogP contribution in [0.1, 0.15) is 33.7 Å². The third kappa shape index (κ3) is 7.17. The minimum absolute atomic E-state index is 0.0564. The molecule has 3 aromatic rings. The van der Waals surface area contributed by atoms with E-state index in [2.05, 4.69) is 17.5 Å². The molecular formula is C28H30N4O3S. The highest BCUT2D eigenvalue weighted by Crippen LogP contribution is 2.20. The number of carbonyl (C=O) groups is 2. The fraction of sp³-hybridized carbons (Fsp3) is 0.321. The van der Waals surface area contributed by atoms with E-state index in [4.69, 9.17) is 10.00 Å². The number of carbonyl (C=O) groups excluding carboxylic acids is 2. The number of nitrogens with one attached hydrogen (secondary N) is 1. The average molecular weight is 503 g/mol. The highest BCUT2D eigenvalue weighted by Gasteiger charge is 2.27. The lowest BCUT2D eigenvalue weighted by Gasteiger charge is -2.29. The molecule has 4 rings (SSSR count). The highest BCUT2D eigenvalue weighted by atomic mass is 32.1. The summed E-state index contributed by atoms with van der Waals surface area (Å²) in [5.74, 6) is -0.127. The second-order valence-electron chi connectivity index (χ2n) is 8.88. The minimum atomic E-state index is -0.366. The van der Waals surface area contributed by atoms with Gasteiger partial charge in [-0.3, -0.25) is 4.79 Å². The maximum Gasteiger partial charge on any atom is 0.322 e. The van der Waals surface area contributed by atoms with Crippen LogP contribution >= 0.6 is 11.3 Å². The summed E-state index contributed by atoms with van der Waals surface area (Å²) in [6, 6.07) is 22.4. The minimum Gasteiger partial charge on any atom is -0.376 e. The molecule has 1 saturated heterocycles. The number of anilines is 1. The Morgan fingerprint density at radius 3 is 2.47 bits per heavy atom. The van der Waals surface area contributed by atoms with Gasteiger partial charge in [-0.25, -0.2) is 4.79 Å². The van der Waals surface area contributed by atoms with Crippen LogP contribution in [-0.2, 0) is 22.6 Å². The van der Waals surface area contributed by atoms with Gasteiger partial charge in [0.1, 0.15) is 6.54 Å². The largest absolute Gasteiger partial charge is 0.376 e. The van der Waals surface area contributed by atoms with Crippen molar-refractivity contribution in [2.75, 3.05) is 25.0 Å². The number of urea groups is 1. The Hall–Kier alpha value is -3.67. The second kappa shape index (κ2) is 12.3. The molecule has 1 aliphatic rings. The van der Waals surface area contributed by atoms with E-state index in [1.807, 2.05) is 43.3 Å². The quantitative estimate of drug-likeness (QED) is 0.437. The van der Waals surface area contributed by atoms with Gasteiger partial charge in [0.2, 0.25) is 5.91 Å². The van der Waals surface area contributed by atoms with Crippen LogP contribution in [0.5, 0.6) is 0 Å². The molecule has 0 saturated carbocycles. The summed E-state index contributed by atoms with van der Waals surface area (Å²) < 4.78 is 5.77. The standard InChI is InChI=1S/C28H30N4O3S/c1-21-9-14-26(36-21)19-31(17-23-6-3-2-4-7-23)27(33)20-32(18-25-8-5-15-35-25)28(34)30-24-12-10-22(16-29)11-13-24/h2-4,6-7,9-14,25H,5,8,15,17-20H2,1H3,(H,30,34). The molecule has 1 fully saturated rings. The summed E-state index contributed by atoms with van der Waals surface area (Å²) >= 11 is 1.67. The number of hydrogen-bond donors (Lipinski definition) is 1. The van der Waals surface area contributed by atoms with E-state index in [1.54, 1.807) is 40.5 Å². The molecule has 1 aromatic heterocycles. The molecule has 36 heavy (non-hydrogen) atoms. The number of thiophene rings is 1. The van der Waals surface area contributed by atoms with E-state index >= 15 is 0 Å². The van der Waals surface area contributed by atoms with Crippen molar-refractivity contribution in [1.82, 2.24) is 9.80 Å². The predicted molar refractivity (Wildman–Crippen MR) is 140 cm³/mol. The van der Waals surface area contributed by atoms with Crippen molar-refractivity contribution in [3.05, 3.63) is 87.6 Å². The maximum atomic E-state index is 13.6. The third-order valence-corrected chi connectivity index (χ3v) is 7.02. The Bertz CT molecular complexity index is 1200. The van der Waals surface area contributed by atoms with Crippen LogP contribution in [0.2, 0.25) is 0 Å². The molecule has 1 atom stereocenters. The molecule has 3 amide bonds. The Morgan fingerprint density at radius 1 is 1.06 bits per heavy atom. The molecule has 7 nitrogen and oxygen atoms in total. The fourth-order valence-electron chi connectivity index (χ4n) is 4.14. The first-order chi connectivity index (χ1) is 17.5. The fourth-order valence-corrected chi connectivity index (χ4v) is 5.05. The number of nitriles is 1. The Kier molecular flexibility index (Phi) is 8.71.